The highest BCUT2D eigenvalue weighted by molar-refractivity contribution is 7.90. The van der Waals surface area contributed by atoms with Gasteiger partial charge in [-0.1, -0.05) is 6.07 Å². The number of nitrogens with zero attached hydrogens (tertiary/aromatic N) is 3. The van der Waals surface area contributed by atoms with E-state index in [0.29, 0.717) is 22.7 Å². The van der Waals surface area contributed by atoms with Crippen molar-refractivity contribution in [2.24, 2.45) is 10.6 Å². The summed E-state index contributed by atoms with van der Waals surface area (Å²) in [5.41, 5.74) is 0.481. The highest BCUT2D eigenvalue weighted by atomic mass is 32.2. The molecule has 2 saturated carbocycles. The summed E-state index contributed by atoms with van der Waals surface area (Å²) in [5, 5.41) is 19.1. The fraction of sp³-hybridized carbons (Fsp3) is 0.444. The van der Waals surface area contributed by atoms with Crippen LogP contribution in [0.1, 0.15) is 62.1 Å². The van der Waals surface area contributed by atoms with Crippen LogP contribution in [-0.4, -0.2) is 31.1 Å². The molecule has 2 aliphatic carbocycles. The summed E-state index contributed by atoms with van der Waals surface area (Å²) in [5.74, 6) is -1.07. The Morgan fingerprint density at radius 2 is 1.89 bits per heavy atom. The second-order valence-electron chi connectivity index (χ2n) is 10.9. The Labute approximate surface area is 219 Å². The SMILES string of the molecule is N#Cc1c(C2(S(N)(=O)=O)CCC2)ccc(F)c1Oc1ccc2ncn(C3CC4(CCNCC4)C3)c(=O)c2c1. The summed E-state index contributed by atoms with van der Waals surface area (Å²) < 4.78 is 45.9. The topological polar surface area (TPSA) is 140 Å². The second kappa shape index (κ2) is 8.86. The van der Waals surface area contributed by atoms with E-state index in [4.69, 9.17) is 9.88 Å². The molecule has 3 aromatic rings. The van der Waals surface area contributed by atoms with Gasteiger partial charge in [-0.3, -0.25) is 9.36 Å². The Kier molecular flexibility index (Phi) is 5.83. The van der Waals surface area contributed by atoms with Gasteiger partial charge in [-0.05, 0) is 93.3 Å². The maximum absolute atomic E-state index is 15.0. The third kappa shape index (κ3) is 3.82. The number of nitrogens with one attached hydrogen (secondary N) is 1. The minimum absolute atomic E-state index is 0.0817. The van der Waals surface area contributed by atoms with Crippen molar-refractivity contribution in [1.82, 2.24) is 14.9 Å². The summed E-state index contributed by atoms with van der Waals surface area (Å²) in [7, 11) is -4.06. The van der Waals surface area contributed by atoms with Crippen molar-refractivity contribution in [1.29, 1.82) is 5.26 Å². The van der Waals surface area contributed by atoms with Crippen molar-refractivity contribution in [2.45, 2.75) is 55.7 Å². The van der Waals surface area contributed by atoms with E-state index in [1.807, 2.05) is 6.07 Å². The first-order valence-corrected chi connectivity index (χ1v) is 14.4. The number of aromatic nitrogens is 2. The van der Waals surface area contributed by atoms with Gasteiger partial charge in [0.15, 0.2) is 11.6 Å². The number of halogens is 1. The van der Waals surface area contributed by atoms with Gasteiger partial charge in [0.05, 0.1) is 17.2 Å². The van der Waals surface area contributed by atoms with Gasteiger partial charge in [0.1, 0.15) is 22.1 Å². The minimum atomic E-state index is -4.06. The molecule has 0 amide bonds. The molecule has 11 heteroatoms. The first-order valence-electron chi connectivity index (χ1n) is 12.8. The van der Waals surface area contributed by atoms with Gasteiger partial charge in [-0.25, -0.2) is 22.9 Å². The van der Waals surface area contributed by atoms with Gasteiger partial charge in [0, 0.05) is 6.04 Å². The fourth-order valence-corrected chi connectivity index (χ4v) is 7.75. The number of hydrogen-bond donors (Lipinski definition) is 2. The Balaban J connectivity index is 1.35. The zero-order valence-corrected chi connectivity index (χ0v) is 21.6. The molecule has 0 bridgehead atoms. The number of sulfonamides is 1. The Morgan fingerprint density at radius 1 is 1.16 bits per heavy atom. The molecule has 3 N–H and O–H groups in total. The standard InChI is InChI=1S/C27H28FN5O4S/c28-22-4-3-21(27(6-1-7-27)38(30,35)36)20(15-29)24(22)37-18-2-5-23-19(12-18)25(34)33(16-32-23)17-13-26(14-17)8-10-31-11-9-26/h2-5,12,16-17,31H,1,6-11,13-14H2,(H2,30,35,36). The lowest BCUT2D eigenvalue weighted by atomic mass is 9.60. The largest absolute Gasteiger partial charge is 0.453 e. The number of piperidine rings is 1. The molecule has 38 heavy (non-hydrogen) atoms. The lowest BCUT2D eigenvalue weighted by Gasteiger charge is -2.50. The number of nitrogens with two attached hydrogens (primary N) is 1. The number of nitriles is 1. The van der Waals surface area contributed by atoms with Gasteiger partial charge >= 0.3 is 0 Å². The lowest BCUT2D eigenvalue weighted by Crippen LogP contribution is -2.47. The van der Waals surface area contributed by atoms with Crippen LogP contribution in [0.5, 0.6) is 11.5 Å². The number of ether oxygens (including phenoxy) is 1. The average molecular weight is 538 g/mol. The van der Waals surface area contributed by atoms with E-state index in [1.54, 1.807) is 23.0 Å². The molecule has 1 saturated heterocycles. The number of primary sulfonamides is 1. The molecule has 3 aliphatic rings. The van der Waals surface area contributed by atoms with Crippen LogP contribution in [0.4, 0.5) is 4.39 Å². The fourth-order valence-electron chi connectivity index (χ4n) is 6.41. The van der Waals surface area contributed by atoms with Gasteiger partial charge < -0.3 is 10.1 Å². The summed E-state index contributed by atoms with van der Waals surface area (Å²) >= 11 is 0. The van der Waals surface area contributed by atoms with E-state index in [1.165, 1.54) is 12.1 Å². The van der Waals surface area contributed by atoms with E-state index in [2.05, 4.69) is 10.3 Å². The summed E-state index contributed by atoms with van der Waals surface area (Å²) in [6, 6.07) is 9.02. The van der Waals surface area contributed by atoms with Gasteiger partial charge in [0.25, 0.3) is 5.56 Å². The van der Waals surface area contributed by atoms with Gasteiger partial charge in [0.2, 0.25) is 10.0 Å². The lowest BCUT2D eigenvalue weighted by molar-refractivity contribution is 0.0270. The molecule has 6 rings (SSSR count). The number of fused-ring (bicyclic) bond motifs is 1. The van der Waals surface area contributed by atoms with Crippen molar-refractivity contribution < 1.29 is 17.5 Å². The maximum Gasteiger partial charge on any atom is 0.261 e. The van der Waals surface area contributed by atoms with Crippen molar-refractivity contribution in [3.8, 4) is 17.6 Å². The van der Waals surface area contributed by atoms with Crippen molar-refractivity contribution in [3.63, 3.8) is 0 Å². The number of hydrogen-bond acceptors (Lipinski definition) is 7. The summed E-state index contributed by atoms with van der Waals surface area (Å²) in [4.78, 5) is 17.9. The molecule has 0 atom stereocenters. The van der Waals surface area contributed by atoms with E-state index in [9.17, 15) is 22.9 Å². The number of benzene rings is 2. The number of rotatable bonds is 5. The predicted molar refractivity (Wildman–Crippen MR) is 139 cm³/mol. The van der Waals surface area contributed by atoms with Crippen LogP contribution in [0.3, 0.4) is 0 Å². The third-order valence-corrected chi connectivity index (χ3v) is 10.5. The maximum atomic E-state index is 15.0. The molecular weight excluding hydrogens is 509 g/mol. The van der Waals surface area contributed by atoms with Crippen LogP contribution >= 0.6 is 0 Å². The molecular formula is C27H28FN5O4S. The second-order valence-corrected chi connectivity index (χ2v) is 12.7. The van der Waals surface area contributed by atoms with Crippen LogP contribution in [0.15, 0.2) is 41.5 Å². The first-order chi connectivity index (χ1) is 18.2. The summed E-state index contributed by atoms with van der Waals surface area (Å²) in [6.45, 7) is 2.00. The molecule has 1 spiro atoms. The summed E-state index contributed by atoms with van der Waals surface area (Å²) in [6.07, 6.45) is 6.79. The average Bonchev–Trinajstić information content (AvgIpc) is 2.84. The van der Waals surface area contributed by atoms with E-state index in [-0.39, 0.29) is 41.3 Å². The molecule has 0 unspecified atom stereocenters. The molecule has 0 radical (unpaired) electrons. The Bertz CT molecular complexity index is 1640. The monoisotopic (exact) mass is 537 g/mol. The van der Waals surface area contributed by atoms with Gasteiger partial charge in [-0.15, -0.1) is 0 Å². The molecule has 2 heterocycles. The van der Waals surface area contributed by atoms with Crippen molar-refractivity contribution in [3.05, 3.63) is 64.0 Å². The van der Waals surface area contributed by atoms with Crippen molar-refractivity contribution in [2.75, 3.05) is 13.1 Å². The highest BCUT2D eigenvalue weighted by Gasteiger charge is 2.50. The zero-order valence-electron chi connectivity index (χ0n) is 20.7. The first kappa shape index (κ1) is 25.0. The third-order valence-electron chi connectivity index (χ3n) is 8.79. The van der Waals surface area contributed by atoms with Crippen LogP contribution < -0.4 is 20.8 Å². The molecule has 1 aromatic heterocycles. The van der Waals surface area contributed by atoms with E-state index >= 15 is 0 Å². The van der Waals surface area contributed by atoms with E-state index in [0.717, 1.165) is 44.8 Å². The molecule has 2 aromatic carbocycles. The molecule has 1 aliphatic heterocycles. The smallest absolute Gasteiger partial charge is 0.261 e. The van der Waals surface area contributed by atoms with Crippen LogP contribution in [0.25, 0.3) is 10.9 Å². The Morgan fingerprint density at radius 3 is 2.53 bits per heavy atom. The molecule has 9 nitrogen and oxygen atoms in total. The molecule has 198 valence electrons. The zero-order chi connectivity index (χ0) is 26.7. The minimum Gasteiger partial charge on any atom is -0.453 e. The van der Waals surface area contributed by atoms with Crippen molar-refractivity contribution >= 4 is 20.9 Å². The molecule has 3 fully saturated rings. The van der Waals surface area contributed by atoms with Crippen LogP contribution in [-0.2, 0) is 14.8 Å². The van der Waals surface area contributed by atoms with Gasteiger partial charge in [-0.2, -0.15) is 5.26 Å². The quantitative estimate of drug-likeness (QED) is 0.507. The Hall–Kier alpha value is -3.33. The highest BCUT2D eigenvalue weighted by Crippen LogP contribution is 2.53. The predicted octanol–water partition coefficient (Wildman–Crippen LogP) is 3.57. The van der Waals surface area contributed by atoms with E-state index < -0.39 is 26.3 Å². The normalized spacial score (nSPS) is 20.4. The van der Waals surface area contributed by atoms with Crippen LogP contribution in [0.2, 0.25) is 0 Å². The van der Waals surface area contributed by atoms with Crippen LogP contribution in [0, 0.1) is 22.6 Å².